The fourth-order valence-corrected chi connectivity index (χ4v) is 13.9. The highest BCUT2D eigenvalue weighted by molar-refractivity contribution is 7.80. The highest BCUT2D eigenvalue weighted by Crippen LogP contribution is 2.49. The summed E-state index contributed by atoms with van der Waals surface area (Å²) in [5, 5.41) is 1.87. The molecule has 0 unspecified atom stereocenters. The van der Waals surface area contributed by atoms with Crippen molar-refractivity contribution < 1.29 is 25.6 Å². The summed E-state index contributed by atoms with van der Waals surface area (Å²) in [4.78, 5) is 0. The summed E-state index contributed by atoms with van der Waals surface area (Å²) in [7, 11) is -2.80. The third-order valence-corrected chi connectivity index (χ3v) is 15.8. The SMILES string of the molecule is CO[Si](OC)(OC)c1ccc([Si]23O[Si](CCCS)(O2)O3)cc1. The lowest BCUT2D eigenvalue weighted by Crippen LogP contribution is -2.92. The predicted octanol–water partition coefficient (Wildman–Crippen LogP) is 0.253. The van der Waals surface area contributed by atoms with Gasteiger partial charge in [0.05, 0.1) is 0 Å². The number of thiol groups is 1. The van der Waals surface area contributed by atoms with Gasteiger partial charge in [-0.1, -0.05) is 24.3 Å². The van der Waals surface area contributed by atoms with E-state index in [1.165, 1.54) is 0 Å². The molecular formula is C12H20O6SSi3. The van der Waals surface area contributed by atoms with Crippen LogP contribution in [0.3, 0.4) is 0 Å². The van der Waals surface area contributed by atoms with Crippen molar-refractivity contribution in [3.05, 3.63) is 24.3 Å². The molecule has 1 aromatic rings. The molecule has 6 nitrogen and oxygen atoms in total. The lowest BCUT2D eigenvalue weighted by Gasteiger charge is -2.63. The molecule has 0 radical (unpaired) electrons. The monoisotopic (exact) mass is 376 g/mol. The largest absolute Gasteiger partial charge is 0.536 e. The van der Waals surface area contributed by atoms with Crippen LogP contribution in [0.1, 0.15) is 6.42 Å². The van der Waals surface area contributed by atoms with Crippen molar-refractivity contribution in [2.75, 3.05) is 27.1 Å². The van der Waals surface area contributed by atoms with Gasteiger partial charge in [0.15, 0.2) is 0 Å². The molecule has 3 aliphatic heterocycles. The second-order valence-electron chi connectivity index (χ2n) is 5.12. The van der Waals surface area contributed by atoms with Crippen LogP contribution in [0.15, 0.2) is 24.3 Å². The van der Waals surface area contributed by atoms with Gasteiger partial charge in [-0.05, 0) is 12.2 Å². The van der Waals surface area contributed by atoms with Crippen LogP contribution < -0.4 is 10.4 Å². The zero-order valence-electron chi connectivity index (χ0n) is 12.8. The molecule has 0 saturated carbocycles. The molecule has 3 fully saturated rings. The first-order valence-electron chi connectivity index (χ1n) is 7.05. The molecule has 10 heteroatoms. The van der Waals surface area contributed by atoms with Crippen molar-refractivity contribution in [3.8, 4) is 0 Å². The first-order chi connectivity index (χ1) is 10.6. The lowest BCUT2D eigenvalue weighted by molar-refractivity contribution is -0.0207. The summed E-state index contributed by atoms with van der Waals surface area (Å²) in [5.74, 6) is 0.825. The lowest BCUT2D eigenvalue weighted by atomic mass is 10.4. The molecule has 3 saturated heterocycles. The first-order valence-corrected chi connectivity index (χ1v) is 13.1. The minimum Gasteiger partial charge on any atom is -0.373 e. The normalized spacial score (nSPS) is 29.8. The molecular weight excluding hydrogens is 356 g/mol. The molecule has 2 bridgehead atoms. The van der Waals surface area contributed by atoms with Gasteiger partial charge in [0.25, 0.3) is 0 Å². The Hall–Kier alpha value is -0.0194. The van der Waals surface area contributed by atoms with Gasteiger partial charge >= 0.3 is 26.4 Å². The van der Waals surface area contributed by atoms with E-state index in [4.69, 9.17) is 25.6 Å². The van der Waals surface area contributed by atoms with Crippen LogP contribution in [0.4, 0.5) is 0 Å². The van der Waals surface area contributed by atoms with E-state index in [0.717, 1.165) is 28.6 Å². The van der Waals surface area contributed by atoms with Crippen LogP contribution in [-0.4, -0.2) is 53.5 Å². The zero-order chi connectivity index (χ0) is 15.8. The van der Waals surface area contributed by atoms with Gasteiger partial charge in [-0.3, -0.25) is 0 Å². The Kier molecular flexibility index (Phi) is 4.68. The molecule has 1 aromatic carbocycles. The average molecular weight is 377 g/mol. The van der Waals surface area contributed by atoms with Gasteiger partial charge in [0, 0.05) is 37.7 Å². The summed E-state index contributed by atoms with van der Waals surface area (Å²) >= 11 is 4.20. The van der Waals surface area contributed by atoms with Crippen LogP contribution >= 0.6 is 12.6 Å². The predicted molar refractivity (Wildman–Crippen MR) is 90.5 cm³/mol. The first kappa shape index (κ1) is 16.8. The van der Waals surface area contributed by atoms with Gasteiger partial charge in [-0.2, -0.15) is 12.6 Å². The van der Waals surface area contributed by atoms with Crippen molar-refractivity contribution in [1.82, 2.24) is 0 Å². The number of hydrogen-bond donors (Lipinski definition) is 1. The third-order valence-electron chi connectivity index (χ3n) is 3.91. The smallest absolute Gasteiger partial charge is 0.373 e. The third kappa shape index (κ3) is 2.47. The van der Waals surface area contributed by atoms with E-state index in [0.29, 0.717) is 0 Å². The summed E-state index contributed by atoms with van der Waals surface area (Å²) in [5.41, 5.74) is 0. The van der Waals surface area contributed by atoms with E-state index in [-0.39, 0.29) is 0 Å². The zero-order valence-corrected chi connectivity index (χ0v) is 16.7. The molecule has 0 aliphatic carbocycles. The standard InChI is InChI=1S/C12H20O6SSi3/c1-13-21(14-2,15-3)11-5-7-12(8-6-11)22-16-20(17-22,18-22)10-4-9-19/h5-8,19H,4,9-10H2,1-3H3. The van der Waals surface area contributed by atoms with E-state index in [1.807, 2.05) is 24.3 Å². The second-order valence-corrected chi connectivity index (χ2v) is 14.5. The Balaban J connectivity index is 1.70. The Morgan fingerprint density at radius 3 is 2.00 bits per heavy atom. The van der Waals surface area contributed by atoms with Crippen molar-refractivity contribution in [3.63, 3.8) is 0 Å². The second kappa shape index (κ2) is 6.12. The van der Waals surface area contributed by atoms with Crippen LogP contribution in [0.2, 0.25) is 6.04 Å². The molecule has 0 atom stereocenters. The highest BCUT2D eigenvalue weighted by Gasteiger charge is 2.82. The molecule has 22 heavy (non-hydrogen) atoms. The van der Waals surface area contributed by atoms with Crippen molar-refractivity contribution >= 4 is 49.4 Å². The van der Waals surface area contributed by atoms with E-state index < -0.39 is 26.4 Å². The Morgan fingerprint density at radius 1 is 1.00 bits per heavy atom. The van der Waals surface area contributed by atoms with E-state index >= 15 is 0 Å². The summed E-state index contributed by atoms with van der Waals surface area (Å²) in [6.45, 7) is 0. The molecule has 3 heterocycles. The number of hydrogen-bond acceptors (Lipinski definition) is 7. The Morgan fingerprint density at radius 2 is 1.55 bits per heavy atom. The fourth-order valence-electron chi connectivity index (χ4n) is 2.74. The Bertz CT molecular complexity index is 510. The fraction of sp³-hybridized carbons (Fsp3) is 0.500. The van der Waals surface area contributed by atoms with E-state index in [2.05, 4.69) is 12.6 Å². The number of rotatable bonds is 8. The van der Waals surface area contributed by atoms with Crippen LogP contribution in [0.25, 0.3) is 0 Å². The topological polar surface area (TPSA) is 55.4 Å². The number of benzene rings is 1. The van der Waals surface area contributed by atoms with Gasteiger partial charge < -0.3 is 25.6 Å². The van der Waals surface area contributed by atoms with Crippen molar-refractivity contribution in [2.24, 2.45) is 0 Å². The van der Waals surface area contributed by atoms with Crippen LogP contribution in [0, 0.1) is 0 Å². The van der Waals surface area contributed by atoms with Crippen molar-refractivity contribution in [1.29, 1.82) is 0 Å². The van der Waals surface area contributed by atoms with Gasteiger partial charge in [-0.15, -0.1) is 0 Å². The van der Waals surface area contributed by atoms with E-state index in [9.17, 15) is 0 Å². The minimum atomic E-state index is -2.79. The van der Waals surface area contributed by atoms with Gasteiger partial charge in [0.1, 0.15) is 0 Å². The minimum absolute atomic E-state index is 0.825. The summed E-state index contributed by atoms with van der Waals surface area (Å²) in [6.07, 6.45) is 0.961. The maximum atomic E-state index is 6.01. The maximum absolute atomic E-state index is 6.01. The Labute approximate surface area is 139 Å². The van der Waals surface area contributed by atoms with E-state index in [1.54, 1.807) is 21.3 Å². The van der Waals surface area contributed by atoms with Crippen molar-refractivity contribution in [2.45, 2.75) is 12.5 Å². The van der Waals surface area contributed by atoms with Crippen LogP contribution in [0.5, 0.6) is 0 Å². The quantitative estimate of drug-likeness (QED) is 0.519. The van der Waals surface area contributed by atoms with Crippen LogP contribution in [-0.2, 0) is 25.6 Å². The summed E-state index contributed by atoms with van der Waals surface area (Å²) < 4.78 is 34.4. The van der Waals surface area contributed by atoms with Gasteiger partial charge in [0.2, 0.25) is 0 Å². The van der Waals surface area contributed by atoms with Gasteiger partial charge in [-0.25, -0.2) is 0 Å². The molecule has 0 spiro atoms. The molecule has 122 valence electrons. The highest BCUT2D eigenvalue weighted by atomic mass is 32.1. The molecule has 0 amide bonds. The maximum Gasteiger partial charge on any atom is 0.536 e. The summed E-state index contributed by atoms with van der Waals surface area (Å²) in [6, 6.07) is 8.64. The average Bonchev–Trinajstić information content (AvgIpc) is 2.48. The molecule has 4 rings (SSSR count). The molecule has 3 aliphatic rings. The molecule has 0 aromatic heterocycles. The molecule has 0 N–H and O–H groups in total.